The van der Waals surface area contributed by atoms with Crippen molar-refractivity contribution in [2.45, 2.75) is 6.04 Å². The third-order valence-corrected chi connectivity index (χ3v) is 3.01. The van der Waals surface area contributed by atoms with Crippen molar-refractivity contribution >= 4 is 0 Å². The van der Waals surface area contributed by atoms with E-state index in [2.05, 4.69) is 5.32 Å². The molecule has 0 fully saturated rings. The van der Waals surface area contributed by atoms with E-state index in [-0.39, 0.29) is 0 Å². The van der Waals surface area contributed by atoms with Crippen molar-refractivity contribution in [3.63, 3.8) is 0 Å². The Balaban J connectivity index is 2.54. The Morgan fingerprint density at radius 1 is 0.950 bits per heavy atom. The molecule has 2 aromatic rings. The van der Waals surface area contributed by atoms with Crippen molar-refractivity contribution in [2.24, 2.45) is 0 Å². The van der Waals surface area contributed by atoms with Crippen molar-refractivity contribution in [1.29, 1.82) is 0 Å². The molecule has 0 spiro atoms. The van der Waals surface area contributed by atoms with Crippen LogP contribution >= 0.6 is 0 Å². The second-order valence-corrected chi connectivity index (χ2v) is 4.31. The van der Waals surface area contributed by atoms with E-state index in [1.807, 2.05) is 0 Å². The highest BCUT2D eigenvalue weighted by molar-refractivity contribution is 5.42. The number of methoxy groups -OCH3 is 1. The molecule has 0 saturated carbocycles. The number of rotatable bonds is 4. The normalized spacial score (nSPS) is 12.2. The van der Waals surface area contributed by atoms with Crippen LogP contribution in [0.25, 0.3) is 0 Å². The minimum absolute atomic E-state index is 0.355. The molecular weight excluding hydrogens is 267 g/mol. The Bertz CT molecular complexity index is 596. The van der Waals surface area contributed by atoms with Gasteiger partial charge in [-0.25, -0.2) is 13.2 Å². The van der Waals surface area contributed by atoms with E-state index in [1.165, 1.54) is 37.4 Å². The van der Waals surface area contributed by atoms with E-state index in [1.54, 1.807) is 7.05 Å². The molecule has 1 unspecified atom stereocenters. The summed E-state index contributed by atoms with van der Waals surface area (Å²) >= 11 is 0. The highest BCUT2D eigenvalue weighted by atomic mass is 19.1. The zero-order chi connectivity index (χ0) is 14.7. The molecule has 0 aromatic heterocycles. The fourth-order valence-electron chi connectivity index (χ4n) is 2.17. The smallest absolute Gasteiger partial charge is 0.126 e. The Hall–Kier alpha value is -2.01. The quantitative estimate of drug-likeness (QED) is 0.927. The summed E-state index contributed by atoms with van der Waals surface area (Å²) in [6.45, 7) is 0. The second kappa shape index (κ2) is 5.96. The van der Waals surface area contributed by atoms with Crippen molar-refractivity contribution in [3.8, 4) is 5.75 Å². The summed E-state index contributed by atoms with van der Waals surface area (Å²) in [4.78, 5) is 0. The monoisotopic (exact) mass is 281 g/mol. The van der Waals surface area contributed by atoms with Gasteiger partial charge < -0.3 is 10.1 Å². The average Bonchev–Trinajstić information content (AvgIpc) is 2.39. The molecular formula is C15H14F3NO. The molecule has 0 aliphatic heterocycles. The molecule has 2 aromatic carbocycles. The van der Waals surface area contributed by atoms with E-state index in [4.69, 9.17) is 4.74 Å². The molecule has 0 saturated heterocycles. The standard InChI is InChI=1S/C15H14F3NO/c1-19-15(9-5-11(17)7-12(18)6-9)13-8-10(16)3-4-14(13)20-2/h3-8,15,19H,1-2H3. The molecule has 5 heteroatoms. The van der Waals surface area contributed by atoms with Crippen molar-refractivity contribution in [2.75, 3.05) is 14.2 Å². The van der Waals surface area contributed by atoms with E-state index >= 15 is 0 Å². The fraction of sp³-hybridized carbons (Fsp3) is 0.200. The van der Waals surface area contributed by atoms with Crippen LogP contribution < -0.4 is 10.1 Å². The Morgan fingerprint density at radius 2 is 1.60 bits per heavy atom. The molecule has 0 aliphatic carbocycles. The predicted octanol–water partition coefficient (Wildman–Crippen LogP) is 3.42. The van der Waals surface area contributed by atoms with Gasteiger partial charge in [-0.05, 0) is 42.9 Å². The predicted molar refractivity (Wildman–Crippen MR) is 70.2 cm³/mol. The molecule has 1 atom stereocenters. The highest BCUT2D eigenvalue weighted by Gasteiger charge is 2.19. The van der Waals surface area contributed by atoms with Crippen LogP contribution in [0.15, 0.2) is 36.4 Å². The SMILES string of the molecule is CNC(c1cc(F)cc(F)c1)c1cc(F)ccc1OC. The lowest BCUT2D eigenvalue weighted by molar-refractivity contribution is 0.403. The molecule has 0 amide bonds. The first-order valence-electron chi connectivity index (χ1n) is 6.02. The zero-order valence-electron chi connectivity index (χ0n) is 11.1. The van der Waals surface area contributed by atoms with Crippen LogP contribution in [0.4, 0.5) is 13.2 Å². The molecule has 0 radical (unpaired) electrons. The maximum atomic E-state index is 13.4. The lowest BCUT2D eigenvalue weighted by Crippen LogP contribution is -2.19. The van der Waals surface area contributed by atoms with Gasteiger partial charge in [-0.3, -0.25) is 0 Å². The lowest BCUT2D eigenvalue weighted by atomic mass is 9.97. The highest BCUT2D eigenvalue weighted by Crippen LogP contribution is 2.31. The van der Waals surface area contributed by atoms with Crippen molar-refractivity contribution in [1.82, 2.24) is 5.32 Å². The summed E-state index contributed by atoms with van der Waals surface area (Å²) < 4.78 is 45.3. The summed E-state index contributed by atoms with van der Waals surface area (Å²) in [5.74, 6) is -1.38. The number of ether oxygens (including phenoxy) is 1. The van der Waals surface area contributed by atoms with Gasteiger partial charge in [0.15, 0.2) is 0 Å². The summed E-state index contributed by atoms with van der Waals surface area (Å²) in [7, 11) is 3.08. The van der Waals surface area contributed by atoms with Gasteiger partial charge in [0.25, 0.3) is 0 Å². The average molecular weight is 281 g/mol. The first kappa shape index (κ1) is 14.4. The minimum atomic E-state index is -0.685. The summed E-state index contributed by atoms with van der Waals surface area (Å²) in [5.41, 5.74) is 0.828. The van der Waals surface area contributed by atoms with E-state index in [0.717, 1.165) is 6.07 Å². The van der Waals surface area contributed by atoms with E-state index in [0.29, 0.717) is 16.9 Å². The van der Waals surface area contributed by atoms with Gasteiger partial charge >= 0.3 is 0 Å². The summed E-state index contributed by atoms with van der Waals surface area (Å²) in [6, 6.07) is 6.64. The number of hydrogen-bond donors (Lipinski definition) is 1. The Labute approximate surface area is 115 Å². The number of halogens is 3. The van der Waals surface area contributed by atoms with Gasteiger partial charge in [0.2, 0.25) is 0 Å². The number of nitrogens with one attached hydrogen (secondary N) is 1. The third-order valence-electron chi connectivity index (χ3n) is 3.01. The molecule has 0 aliphatic rings. The summed E-state index contributed by atoms with van der Waals surface area (Å²) in [6.07, 6.45) is 0. The van der Waals surface area contributed by atoms with Gasteiger partial charge in [-0.2, -0.15) is 0 Å². The van der Waals surface area contributed by atoms with E-state index in [9.17, 15) is 13.2 Å². The number of benzene rings is 2. The topological polar surface area (TPSA) is 21.3 Å². The van der Waals surface area contributed by atoms with E-state index < -0.39 is 23.5 Å². The first-order valence-corrected chi connectivity index (χ1v) is 6.02. The van der Waals surface area contributed by atoms with Gasteiger partial charge in [-0.1, -0.05) is 0 Å². The third kappa shape index (κ3) is 2.93. The van der Waals surface area contributed by atoms with Gasteiger partial charge in [0, 0.05) is 11.6 Å². The van der Waals surface area contributed by atoms with Crippen molar-refractivity contribution < 1.29 is 17.9 Å². The number of hydrogen-bond acceptors (Lipinski definition) is 2. The largest absolute Gasteiger partial charge is 0.496 e. The maximum absolute atomic E-state index is 13.4. The van der Waals surface area contributed by atoms with Crippen LogP contribution in [-0.2, 0) is 0 Å². The van der Waals surface area contributed by atoms with Crippen LogP contribution in [0, 0.1) is 17.5 Å². The molecule has 2 nitrogen and oxygen atoms in total. The van der Waals surface area contributed by atoms with Crippen LogP contribution in [-0.4, -0.2) is 14.2 Å². The van der Waals surface area contributed by atoms with Gasteiger partial charge in [0.1, 0.15) is 23.2 Å². The van der Waals surface area contributed by atoms with Gasteiger partial charge in [0.05, 0.1) is 13.2 Å². The molecule has 2 rings (SSSR count). The zero-order valence-corrected chi connectivity index (χ0v) is 11.1. The minimum Gasteiger partial charge on any atom is -0.496 e. The molecule has 1 N–H and O–H groups in total. The molecule has 106 valence electrons. The lowest BCUT2D eigenvalue weighted by Gasteiger charge is -2.20. The molecule has 0 bridgehead atoms. The summed E-state index contributed by atoms with van der Waals surface area (Å²) in [5, 5.41) is 2.91. The first-order chi connectivity index (χ1) is 9.55. The molecule has 20 heavy (non-hydrogen) atoms. The van der Waals surface area contributed by atoms with Crippen molar-refractivity contribution in [3.05, 3.63) is 65.0 Å². The van der Waals surface area contributed by atoms with Crippen LogP contribution in [0.2, 0.25) is 0 Å². The van der Waals surface area contributed by atoms with Gasteiger partial charge in [-0.15, -0.1) is 0 Å². The van der Waals surface area contributed by atoms with Crippen LogP contribution in [0.5, 0.6) is 5.75 Å². The Kier molecular flexibility index (Phi) is 4.29. The maximum Gasteiger partial charge on any atom is 0.126 e. The fourth-order valence-corrected chi connectivity index (χ4v) is 2.17. The van der Waals surface area contributed by atoms with Crippen LogP contribution in [0.1, 0.15) is 17.2 Å². The second-order valence-electron chi connectivity index (χ2n) is 4.31. The van der Waals surface area contributed by atoms with Crippen LogP contribution in [0.3, 0.4) is 0 Å². The Morgan fingerprint density at radius 3 is 2.15 bits per heavy atom. The molecule has 0 heterocycles.